The fourth-order valence-electron chi connectivity index (χ4n) is 14.4. The molecular weight excluding hydrogens is 919 g/mol. The number of hydrogen-bond donors (Lipinski definition) is 8. The molecule has 2 heterocycles. The molecule has 398 valence electrons. The third-order valence-corrected chi connectivity index (χ3v) is 18.9. The molecule has 2 aliphatic heterocycles. The van der Waals surface area contributed by atoms with E-state index in [1.165, 1.54) is 12.6 Å². The molecule has 70 heavy (non-hydrogen) atoms. The number of allylic oxidation sites excluding steroid dienone is 2. The zero-order chi connectivity index (χ0) is 51.5. The van der Waals surface area contributed by atoms with Crippen molar-refractivity contribution in [3.8, 4) is 0 Å². The van der Waals surface area contributed by atoms with E-state index in [4.69, 9.17) is 28.5 Å². The van der Waals surface area contributed by atoms with E-state index in [1.54, 1.807) is 0 Å². The molecule has 0 spiro atoms. The van der Waals surface area contributed by atoms with E-state index in [0.29, 0.717) is 25.2 Å². The molecule has 0 aromatic heterocycles. The van der Waals surface area contributed by atoms with Gasteiger partial charge in [0.25, 0.3) is 6.29 Å². The molecule has 0 aromatic rings. The number of ether oxygens (including phenoxy) is 5. The highest BCUT2D eigenvalue weighted by atomic mass is 16.8. The van der Waals surface area contributed by atoms with Crippen molar-refractivity contribution >= 4 is 17.9 Å². The SMILES string of the molecule is CN(CCOC(=O)CCC(=O)O[C@H]1CC[C@]2(C)[C@H]3CC=C4[C@@H]5CC(C)(C)CC[C@]5(C(=O)O[C@@H]5O[C@H](CO)[C@@H](O)[C@H](O)[C@H]5O)CC[C@@]4(C)[C@]3(C)CC[C@H]2C1(C)C)/[N+]([O-])=N/O[C@@H]1O[C@H](CO)[C@@H](O)[C@H](O)[C@H]1O. The van der Waals surface area contributed by atoms with Crippen molar-refractivity contribution in [2.75, 3.05) is 33.4 Å². The van der Waals surface area contributed by atoms with E-state index in [-0.39, 0.29) is 76.0 Å². The summed E-state index contributed by atoms with van der Waals surface area (Å²) in [6.45, 7) is 14.4. The summed E-state index contributed by atoms with van der Waals surface area (Å²) < 4.78 is 28.2. The van der Waals surface area contributed by atoms with Gasteiger partial charge in [0.2, 0.25) is 11.6 Å². The van der Waals surface area contributed by atoms with E-state index >= 15 is 0 Å². The number of aliphatic hydroxyl groups excluding tert-OH is 8. The Balaban J connectivity index is 0.951. The fraction of sp³-hybridized carbons (Fsp3) is 0.898. The minimum atomic E-state index is -1.76. The van der Waals surface area contributed by atoms with Crippen LogP contribution in [0, 0.1) is 55.5 Å². The second-order valence-electron chi connectivity index (χ2n) is 23.6. The third-order valence-electron chi connectivity index (χ3n) is 18.9. The number of fused-ring (bicyclic) bond motifs is 7. The molecule has 6 fully saturated rings. The summed E-state index contributed by atoms with van der Waals surface area (Å²) in [7, 11) is 1.32. The van der Waals surface area contributed by atoms with Crippen molar-refractivity contribution < 1.29 is 88.7 Å². The summed E-state index contributed by atoms with van der Waals surface area (Å²) in [6.07, 6.45) is -6.31. The maximum atomic E-state index is 14.6. The highest BCUT2D eigenvalue weighted by Crippen LogP contribution is 2.76. The second kappa shape index (κ2) is 20.2. The molecule has 0 bridgehead atoms. The summed E-state index contributed by atoms with van der Waals surface area (Å²) >= 11 is 0. The average molecular weight is 998 g/mol. The van der Waals surface area contributed by atoms with Crippen LogP contribution >= 0.6 is 0 Å². The lowest BCUT2D eigenvalue weighted by atomic mass is 9.33. The molecular formula is C49H79N3O18. The lowest BCUT2D eigenvalue weighted by molar-refractivity contribution is -0.708. The van der Waals surface area contributed by atoms with Gasteiger partial charge in [0.05, 0.1) is 43.5 Å². The van der Waals surface area contributed by atoms with Gasteiger partial charge in [0.1, 0.15) is 68.1 Å². The fourth-order valence-corrected chi connectivity index (χ4v) is 14.4. The Morgan fingerprint density at radius 1 is 0.757 bits per heavy atom. The molecule has 0 unspecified atom stereocenters. The summed E-state index contributed by atoms with van der Waals surface area (Å²) in [5.41, 5.74) is -0.452. The summed E-state index contributed by atoms with van der Waals surface area (Å²) in [6, 6.07) is 0. The predicted molar refractivity (Wildman–Crippen MR) is 243 cm³/mol. The van der Waals surface area contributed by atoms with Gasteiger partial charge < -0.3 is 74.6 Å². The lowest BCUT2D eigenvalue weighted by Crippen LogP contribution is -2.65. The van der Waals surface area contributed by atoms with E-state index in [1.807, 2.05) is 0 Å². The Morgan fingerprint density at radius 3 is 2.00 bits per heavy atom. The molecule has 2 saturated heterocycles. The van der Waals surface area contributed by atoms with Crippen LogP contribution < -0.4 is 0 Å². The van der Waals surface area contributed by atoms with Crippen LogP contribution in [0.4, 0.5) is 0 Å². The molecule has 7 rings (SSSR count). The van der Waals surface area contributed by atoms with Gasteiger partial charge in [0, 0.05) is 5.41 Å². The second-order valence-corrected chi connectivity index (χ2v) is 23.6. The number of carbonyl (C=O) groups is 3. The van der Waals surface area contributed by atoms with Crippen molar-refractivity contribution in [1.82, 2.24) is 5.01 Å². The van der Waals surface area contributed by atoms with E-state index in [0.717, 1.165) is 50.0 Å². The molecule has 0 aromatic carbocycles. The van der Waals surface area contributed by atoms with Crippen LogP contribution in [-0.4, -0.2) is 170 Å². The van der Waals surface area contributed by atoms with E-state index in [2.05, 4.69) is 59.8 Å². The van der Waals surface area contributed by atoms with Gasteiger partial charge in [-0.2, -0.15) is 0 Å². The minimum Gasteiger partial charge on any atom is -0.569 e. The Kier molecular flexibility index (Phi) is 15.8. The van der Waals surface area contributed by atoms with Gasteiger partial charge in [-0.1, -0.05) is 60.1 Å². The number of carbonyl (C=O) groups excluding carboxylic acids is 3. The smallest absolute Gasteiger partial charge is 0.315 e. The van der Waals surface area contributed by atoms with Crippen LogP contribution in [0.15, 0.2) is 16.9 Å². The van der Waals surface area contributed by atoms with Crippen LogP contribution in [0.3, 0.4) is 0 Å². The monoisotopic (exact) mass is 998 g/mol. The molecule has 7 aliphatic rings. The first-order valence-corrected chi connectivity index (χ1v) is 25.1. The Labute approximate surface area is 409 Å². The number of likely N-dealkylation sites (N-methyl/N-ethyl adjacent to an activating group) is 1. The molecule has 21 heteroatoms. The van der Waals surface area contributed by atoms with E-state index < -0.39 is 97.9 Å². The van der Waals surface area contributed by atoms with Gasteiger partial charge in [-0.3, -0.25) is 14.4 Å². The zero-order valence-corrected chi connectivity index (χ0v) is 42.0. The largest absolute Gasteiger partial charge is 0.569 e. The van der Waals surface area contributed by atoms with E-state index in [9.17, 15) is 60.4 Å². The van der Waals surface area contributed by atoms with Gasteiger partial charge in [0.15, 0.2) is 0 Å². The summed E-state index contributed by atoms with van der Waals surface area (Å²) in [4.78, 5) is 45.5. The number of rotatable bonds is 14. The van der Waals surface area contributed by atoms with Crippen LogP contribution in [0.2, 0.25) is 0 Å². The number of hydrazine groups is 1. The molecule has 21 nitrogen and oxygen atoms in total. The molecule has 0 amide bonds. The molecule has 8 N–H and O–H groups in total. The van der Waals surface area contributed by atoms with Crippen molar-refractivity contribution in [2.45, 2.75) is 193 Å². The van der Waals surface area contributed by atoms with Crippen molar-refractivity contribution in [3.05, 3.63) is 16.9 Å². The first kappa shape index (κ1) is 54.5. The number of hydrogen-bond acceptors (Lipinski definition) is 19. The van der Waals surface area contributed by atoms with Crippen LogP contribution in [0.1, 0.15) is 126 Å². The zero-order valence-electron chi connectivity index (χ0n) is 42.0. The van der Waals surface area contributed by atoms with Crippen molar-refractivity contribution in [3.63, 3.8) is 0 Å². The predicted octanol–water partition coefficient (Wildman–Crippen LogP) is 1.91. The first-order valence-electron chi connectivity index (χ1n) is 25.1. The van der Waals surface area contributed by atoms with Gasteiger partial charge >= 0.3 is 17.9 Å². The number of nitrogens with zero attached hydrogens (tertiary/aromatic N) is 3. The normalized spacial score (nSPS) is 44.2. The van der Waals surface area contributed by atoms with Gasteiger partial charge in [-0.25, -0.2) is 0 Å². The maximum Gasteiger partial charge on any atom is 0.315 e. The molecule has 0 radical (unpaired) electrons. The average Bonchev–Trinajstić information content (AvgIpc) is 3.30. The third kappa shape index (κ3) is 9.58. The van der Waals surface area contributed by atoms with Gasteiger partial charge in [-0.05, 0) is 104 Å². The molecule has 18 atom stereocenters. The van der Waals surface area contributed by atoms with Crippen LogP contribution in [-0.2, 0) is 42.9 Å². The summed E-state index contributed by atoms with van der Waals surface area (Å²) in [5.74, 6) is -1.24. The maximum absolute atomic E-state index is 14.6. The number of esters is 3. The standard InChI is InChI=1S/C49H79N3O18/c1-44(2)17-19-49(43(63)69-41-39(61)37(59)35(57)28(24-53)66-41)20-18-47(6)26(27(49)23-44)9-10-31-46(5)15-14-32(45(3,4)30(46)13-16-48(31,47)7)68-34(56)12-11-33(55)65-22-21-51(8)52(64)50-70-42-40(62)38(60)36(58)29(25-54)67-42/h9,27-32,35-42,53-54,57-62H,10-25H2,1-8H3/b52-50-/t27-,28+,29+,30-,31+,32-,35+,36+,37-,38-,39+,40+,41-,42-,46-,47+,48+,49-/m0/s1. The highest BCUT2D eigenvalue weighted by Gasteiger charge is 2.70. The lowest BCUT2D eigenvalue weighted by Gasteiger charge is -2.71. The topological polar surface area (TPSA) is 310 Å². The highest BCUT2D eigenvalue weighted by molar-refractivity contribution is 5.79. The Bertz CT molecular complexity index is 1980. The first-order chi connectivity index (χ1) is 32.7. The molecule has 4 saturated carbocycles. The minimum absolute atomic E-state index is 0.00344. The van der Waals surface area contributed by atoms with Crippen molar-refractivity contribution in [2.24, 2.45) is 55.5 Å². The molecule has 5 aliphatic carbocycles. The van der Waals surface area contributed by atoms with Crippen LogP contribution in [0.5, 0.6) is 0 Å². The Hall–Kier alpha value is -3.25. The quantitative estimate of drug-likeness (QED) is 0.0308. The Morgan fingerprint density at radius 2 is 1.36 bits per heavy atom. The summed E-state index contributed by atoms with van der Waals surface area (Å²) in [5, 5.41) is 97.3. The number of aliphatic hydroxyl groups is 8. The van der Waals surface area contributed by atoms with Crippen LogP contribution in [0.25, 0.3) is 0 Å². The van der Waals surface area contributed by atoms with Gasteiger partial charge in [-0.15, -0.1) is 5.01 Å². The van der Waals surface area contributed by atoms with Crippen molar-refractivity contribution in [1.29, 1.82) is 0 Å².